The van der Waals surface area contributed by atoms with Gasteiger partial charge in [0.05, 0.1) is 11.7 Å². The average molecular weight is 404 g/mol. The van der Waals surface area contributed by atoms with Crippen molar-refractivity contribution in [2.75, 3.05) is 5.32 Å². The molecule has 5 nitrogen and oxygen atoms in total. The van der Waals surface area contributed by atoms with Gasteiger partial charge in [0.1, 0.15) is 11.4 Å². The van der Waals surface area contributed by atoms with Gasteiger partial charge in [-0.05, 0) is 30.0 Å². The number of hydrogen-bond donors (Lipinski definition) is 1. The summed E-state index contributed by atoms with van der Waals surface area (Å²) in [5.41, 5.74) is 4.51. The van der Waals surface area contributed by atoms with Crippen LogP contribution in [-0.2, 0) is 17.8 Å². The molecular formula is C23H21N3O2S. The molecule has 0 spiro atoms. The minimum absolute atomic E-state index is 0.0800. The second-order valence-electron chi connectivity index (χ2n) is 6.88. The van der Waals surface area contributed by atoms with E-state index in [1.54, 1.807) is 0 Å². The summed E-state index contributed by atoms with van der Waals surface area (Å²) in [4.78, 5) is 30.9. The molecule has 2 aromatic heterocycles. The Bertz CT molecular complexity index is 1240. The Morgan fingerprint density at radius 1 is 1.14 bits per heavy atom. The number of aromatic nitrogens is 2. The van der Waals surface area contributed by atoms with Gasteiger partial charge in [-0.1, -0.05) is 55.5 Å². The van der Waals surface area contributed by atoms with E-state index < -0.39 is 0 Å². The van der Waals surface area contributed by atoms with E-state index in [2.05, 4.69) is 17.2 Å². The topological polar surface area (TPSA) is 64.0 Å². The largest absolute Gasteiger partial charge is 0.324 e. The van der Waals surface area contributed by atoms with Gasteiger partial charge in [0.25, 0.3) is 5.56 Å². The molecule has 0 bridgehead atoms. The normalized spacial score (nSPS) is 11.0. The fourth-order valence-electron chi connectivity index (χ4n) is 3.45. The number of fused-ring (bicyclic) bond motifs is 1. The second-order valence-corrected chi connectivity index (χ2v) is 7.74. The Balaban J connectivity index is 1.66. The SMILES string of the molecule is CCc1cccc(C)c1NC(=O)Cn1cnc2scc(-c3ccccc3)c2c1=O. The monoisotopic (exact) mass is 403 g/mol. The molecule has 0 radical (unpaired) electrons. The van der Waals surface area contributed by atoms with Crippen molar-refractivity contribution in [1.82, 2.24) is 9.55 Å². The Morgan fingerprint density at radius 3 is 2.69 bits per heavy atom. The minimum Gasteiger partial charge on any atom is -0.324 e. The van der Waals surface area contributed by atoms with Crippen LogP contribution in [0.15, 0.2) is 65.0 Å². The van der Waals surface area contributed by atoms with Crippen LogP contribution >= 0.6 is 11.3 Å². The molecule has 29 heavy (non-hydrogen) atoms. The van der Waals surface area contributed by atoms with E-state index in [1.165, 1.54) is 22.2 Å². The summed E-state index contributed by atoms with van der Waals surface area (Å²) in [6.45, 7) is 3.93. The number of anilines is 1. The van der Waals surface area contributed by atoms with Crippen molar-refractivity contribution in [1.29, 1.82) is 0 Å². The van der Waals surface area contributed by atoms with Crippen molar-refractivity contribution in [3.63, 3.8) is 0 Å². The molecule has 1 amide bonds. The lowest BCUT2D eigenvalue weighted by molar-refractivity contribution is -0.116. The Kier molecular flexibility index (Phi) is 5.27. The van der Waals surface area contributed by atoms with Crippen LogP contribution < -0.4 is 10.9 Å². The van der Waals surface area contributed by atoms with Crippen molar-refractivity contribution in [2.24, 2.45) is 0 Å². The van der Waals surface area contributed by atoms with Crippen LogP contribution in [0.1, 0.15) is 18.1 Å². The van der Waals surface area contributed by atoms with E-state index in [0.717, 1.165) is 34.4 Å². The highest BCUT2D eigenvalue weighted by Gasteiger charge is 2.15. The van der Waals surface area contributed by atoms with Crippen LogP contribution in [0.4, 0.5) is 5.69 Å². The first-order valence-electron chi connectivity index (χ1n) is 9.49. The van der Waals surface area contributed by atoms with Gasteiger partial charge < -0.3 is 5.32 Å². The van der Waals surface area contributed by atoms with Crippen LogP contribution in [0, 0.1) is 6.92 Å². The maximum Gasteiger partial charge on any atom is 0.263 e. The van der Waals surface area contributed by atoms with Crippen molar-refractivity contribution >= 4 is 33.1 Å². The lowest BCUT2D eigenvalue weighted by atomic mass is 10.1. The maximum atomic E-state index is 13.1. The van der Waals surface area contributed by atoms with Gasteiger partial charge in [-0.25, -0.2) is 4.98 Å². The zero-order valence-electron chi connectivity index (χ0n) is 16.3. The van der Waals surface area contributed by atoms with Crippen molar-refractivity contribution in [3.05, 3.63) is 81.7 Å². The number of benzene rings is 2. The number of nitrogens with one attached hydrogen (secondary N) is 1. The Hall–Kier alpha value is -3.25. The summed E-state index contributed by atoms with van der Waals surface area (Å²) in [6.07, 6.45) is 2.27. The molecule has 2 heterocycles. The lowest BCUT2D eigenvalue weighted by Crippen LogP contribution is -2.28. The molecule has 0 aliphatic rings. The smallest absolute Gasteiger partial charge is 0.263 e. The number of thiophene rings is 1. The summed E-state index contributed by atoms with van der Waals surface area (Å²) >= 11 is 1.44. The third-order valence-corrected chi connectivity index (χ3v) is 5.85. The van der Waals surface area contributed by atoms with E-state index in [-0.39, 0.29) is 18.0 Å². The number of amides is 1. The number of rotatable bonds is 5. The Labute approximate surface area is 172 Å². The molecule has 0 saturated carbocycles. The quantitative estimate of drug-likeness (QED) is 0.528. The summed E-state index contributed by atoms with van der Waals surface area (Å²) < 4.78 is 1.38. The molecule has 0 unspecified atom stereocenters. The van der Waals surface area contributed by atoms with Crippen molar-refractivity contribution < 1.29 is 4.79 Å². The first-order valence-corrected chi connectivity index (χ1v) is 10.4. The van der Waals surface area contributed by atoms with Crippen LogP contribution in [0.25, 0.3) is 21.3 Å². The summed E-state index contributed by atoms with van der Waals surface area (Å²) in [7, 11) is 0. The fraction of sp³-hybridized carbons (Fsp3) is 0.174. The number of aryl methyl sites for hydroxylation is 2. The van der Waals surface area contributed by atoms with Gasteiger partial charge >= 0.3 is 0 Å². The van der Waals surface area contributed by atoms with Crippen molar-refractivity contribution in [2.45, 2.75) is 26.8 Å². The van der Waals surface area contributed by atoms with Crippen LogP contribution in [0.5, 0.6) is 0 Å². The first kappa shape index (κ1) is 19.1. The second kappa shape index (κ2) is 8.01. The highest BCUT2D eigenvalue weighted by atomic mass is 32.1. The average Bonchev–Trinajstić information content (AvgIpc) is 3.17. The summed E-state index contributed by atoms with van der Waals surface area (Å²) in [6, 6.07) is 15.7. The van der Waals surface area contributed by atoms with Crippen molar-refractivity contribution in [3.8, 4) is 11.1 Å². The fourth-order valence-corrected chi connectivity index (χ4v) is 4.35. The van der Waals surface area contributed by atoms with E-state index in [9.17, 15) is 9.59 Å². The van der Waals surface area contributed by atoms with Crippen LogP contribution in [0.3, 0.4) is 0 Å². The molecule has 2 aromatic carbocycles. The van der Waals surface area contributed by atoms with Gasteiger partial charge in [0, 0.05) is 16.6 Å². The summed E-state index contributed by atoms with van der Waals surface area (Å²) in [5.74, 6) is -0.242. The molecule has 0 fully saturated rings. The number of carbonyl (C=O) groups excluding carboxylic acids is 1. The van der Waals surface area contributed by atoms with Crippen LogP contribution in [-0.4, -0.2) is 15.5 Å². The Morgan fingerprint density at radius 2 is 1.93 bits per heavy atom. The number of hydrogen-bond acceptors (Lipinski definition) is 4. The molecule has 4 rings (SSSR count). The molecule has 0 atom stereocenters. The van der Waals surface area contributed by atoms with Gasteiger partial charge in [0.15, 0.2) is 0 Å². The minimum atomic E-state index is -0.242. The molecule has 0 aliphatic carbocycles. The molecule has 4 aromatic rings. The molecule has 146 valence electrons. The lowest BCUT2D eigenvalue weighted by Gasteiger charge is -2.13. The van der Waals surface area contributed by atoms with Crippen LogP contribution in [0.2, 0.25) is 0 Å². The third kappa shape index (κ3) is 3.71. The molecule has 1 N–H and O–H groups in total. The highest BCUT2D eigenvalue weighted by Crippen LogP contribution is 2.30. The molecule has 6 heteroatoms. The zero-order chi connectivity index (χ0) is 20.4. The number of para-hydroxylation sites is 1. The van der Waals surface area contributed by atoms with E-state index >= 15 is 0 Å². The van der Waals surface area contributed by atoms with Gasteiger partial charge in [-0.3, -0.25) is 14.2 Å². The standard InChI is InChI=1S/C23H21N3O2S/c1-3-16-11-7-8-15(2)21(16)25-19(27)12-26-14-24-22-20(23(26)28)18(13-29-22)17-9-5-4-6-10-17/h4-11,13-14H,3,12H2,1-2H3,(H,25,27). The number of nitrogens with zero attached hydrogens (tertiary/aromatic N) is 2. The number of carbonyl (C=O) groups is 1. The van der Waals surface area contributed by atoms with E-state index in [0.29, 0.717) is 10.2 Å². The summed E-state index contributed by atoms with van der Waals surface area (Å²) in [5, 5.41) is 5.47. The molecule has 0 aliphatic heterocycles. The van der Waals surface area contributed by atoms with E-state index in [4.69, 9.17) is 0 Å². The van der Waals surface area contributed by atoms with Gasteiger partial charge in [0.2, 0.25) is 5.91 Å². The predicted molar refractivity (Wildman–Crippen MR) is 119 cm³/mol. The first-order chi connectivity index (χ1) is 14.1. The maximum absolute atomic E-state index is 13.1. The zero-order valence-corrected chi connectivity index (χ0v) is 17.1. The van der Waals surface area contributed by atoms with Gasteiger partial charge in [-0.2, -0.15) is 0 Å². The van der Waals surface area contributed by atoms with E-state index in [1.807, 2.05) is 60.8 Å². The molecular weight excluding hydrogens is 382 g/mol. The predicted octanol–water partition coefficient (Wildman–Crippen LogP) is 4.63. The third-order valence-electron chi connectivity index (χ3n) is 4.96. The highest BCUT2D eigenvalue weighted by molar-refractivity contribution is 7.17. The molecule has 0 saturated heterocycles. The van der Waals surface area contributed by atoms with Gasteiger partial charge in [-0.15, -0.1) is 11.3 Å².